The largest absolute Gasteiger partial charge is 0.573 e. The molecule has 0 spiro atoms. The van der Waals surface area contributed by atoms with Crippen molar-refractivity contribution < 1.29 is 42.1 Å². The van der Waals surface area contributed by atoms with E-state index in [0.29, 0.717) is 61.1 Å². The van der Waals surface area contributed by atoms with Gasteiger partial charge in [-0.3, -0.25) is 19.7 Å². The summed E-state index contributed by atoms with van der Waals surface area (Å²) in [5, 5.41) is 15.5. The Balaban J connectivity index is 1.17. The fourth-order valence-electron chi connectivity index (χ4n) is 7.91. The molecule has 5 atom stereocenters. The van der Waals surface area contributed by atoms with Crippen molar-refractivity contribution in [3.05, 3.63) is 77.3 Å². The molecule has 4 heterocycles. The number of nitrogens with zero attached hydrogens (tertiary/aromatic N) is 5. The second kappa shape index (κ2) is 18.6. The number of pyridine rings is 1. The van der Waals surface area contributed by atoms with Crippen molar-refractivity contribution in [1.29, 1.82) is 0 Å². The van der Waals surface area contributed by atoms with E-state index in [-0.39, 0.29) is 57.6 Å². The summed E-state index contributed by atoms with van der Waals surface area (Å²) in [6.07, 6.45) is -2.68. The first-order valence-corrected chi connectivity index (χ1v) is 20.9. The van der Waals surface area contributed by atoms with Crippen LogP contribution in [0, 0.1) is 17.3 Å². The van der Waals surface area contributed by atoms with E-state index in [1.165, 1.54) is 19.4 Å². The highest BCUT2D eigenvalue weighted by atomic mass is 35.5. The van der Waals surface area contributed by atoms with Gasteiger partial charge in [0.2, 0.25) is 18.2 Å². The molecule has 18 heteroatoms. The van der Waals surface area contributed by atoms with Crippen LogP contribution in [0.25, 0.3) is 22.4 Å². The molecule has 4 aromatic rings. The van der Waals surface area contributed by atoms with Gasteiger partial charge in [0.15, 0.2) is 0 Å². The van der Waals surface area contributed by atoms with Gasteiger partial charge in [-0.1, -0.05) is 77.4 Å². The summed E-state index contributed by atoms with van der Waals surface area (Å²) in [7, 11) is 1.34. The van der Waals surface area contributed by atoms with Gasteiger partial charge in [0.05, 0.1) is 40.2 Å². The number of hydrogen-bond donors (Lipinski definition) is 4. The number of likely N-dealkylation sites (tertiary alicyclic amines) is 1. The Kier molecular flexibility index (Phi) is 13.9. The number of aliphatic hydroxyl groups excluding tert-OH is 1. The lowest BCUT2D eigenvalue weighted by atomic mass is 9.94. The highest BCUT2D eigenvalue weighted by molar-refractivity contribution is 6.34. The van der Waals surface area contributed by atoms with Gasteiger partial charge in [-0.25, -0.2) is 9.97 Å². The standard InChI is InChI=1S/C44H54ClF3N8O6/c1-24(2)37(53-42(60)61-8)40(58)56-22-25(3)17-34(56)38-50-21-33(51-38)28-11-9-27(10-12-28)30-18-31(45)32(19-35(30)62-44(46,47)48)52-39(57)29-13-14-36(49-20-29)55-16-15-54(23-26(55)4)41(59)43(5,6)7/h9-14,18-21,24-26,34,37,42,53,60H,15-17,22-23H2,1-8H3,(H,50,51)(H,52,57)/t25-,26+,34-,37-,42?/m0/s1. The van der Waals surface area contributed by atoms with Crippen LogP contribution in [0.1, 0.15) is 77.1 Å². The number of benzene rings is 2. The summed E-state index contributed by atoms with van der Waals surface area (Å²) in [5.41, 5.74) is 1.26. The van der Waals surface area contributed by atoms with Crippen LogP contribution in [0.3, 0.4) is 0 Å². The second-order valence-electron chi connectivity index (χ2n) is 17.4. The number of piperazine rings is 1. The first-order valence-electron chi connectivity index (χ1n) is 20.5. The van der Waals surface area contributed by atoms with E-state index in [1.807, 2.05) is 53.4 Å². The number of anilines is 2. The first-order chi connectivity index (χ1) is 29.1. The number of hydrogen-bond acceptors (Lipinski definition) is 10. The van der Waals surface area contributed by atoms with Crippen LogP contribution in [-0.2, 0) is 14.3 Å². The molecule has 6 rings (SSSR count). The Morgan fingerprint density at radius 2 is 1.66 bits per heavy atom. The minimum Gasteiger partial charge on any atom is -0.405 e. The third-order valence-corrected chi connectivity index (χ3v) is 11.4. The van der Waals surface area contributed by atoms with E-state index in [0.717, 1.165) is 6.07 Å². The summed E-state index contributed by atoms with van der Waals surface area (Å²) in [6.45, 7) is 15.6. The number of carbonyl (C=O) groups is 3. The number of aromatic nitrogens is 3. The predicted molar refractivity (Wildman–Crippen MR) is 229 cm³/mol. The third kappa shape index (κ3) is 10.7. The number of imidazole rings is 1. The smallest absolute Gasteiger partial charge is 0.405 e. The topological polar surface area (TPSA) is 165 Å². The summed E-state index contributed by atoms with van der Waals surface area (Å²) < 4.78 is 50.7. The number of carbonyl (C=O) groups excluding carboxylic acids is 3. The minimum atomic E-state index is -5.06. The number of nitrogens with one attached hydrogen (secondary N) is 3. The van der Waals surface area contributed by atoms with E-state index in [1.54, 1.807) is 47.5 Å². The Hall–Kier alpha value is -5.23. The van der Waals surface area contributed by atoms with Gasteiger partial charge >= 0.3 is 6.36 Å². The molecule has 62 heavy (non-hydrogen) atoms. The molecule has 2 aliphatic rings. The summed E-state index contributed by atoms with van der Waals surface area (Å²) in [6, 6.07) is 11.2. The Morgan fingerprint density at radius 3 is 2.26 bits per heavy atom. The molecule has 2 saturated heterocycles. The van der Waals surface area contributed by atoms with E-state index in [2.05, 4.69) is 35.2 Å². The zero-order valence-electron chi connectivity index (χ0n) is 36.0. The van der Waals surface area contributed by atoms with Gasteiger partial charge in [0.1, 0.15) is 17.4 Å². The lowest BCUT2D eigenvalue weighted by Gasteiger charge is -2.42. The molecule has 1 unspecified atom stereocenters. The number of aliphatic hydroxyl groups is 1. The molecule has 2 aromatic heterocycles. The van der Waals surface area contributed by atoms with Crippen LogP contribution in [0.4, 0.5) is 24.7 Å². The number of H-pyrrole nitrogens is 1. The molecule has 4 N–H and O–H groups in total. The summed E-state index contributed by atoms with van der Waals surface area (Å²) in [5.74, 6) is -0.0864. The average molecular weight is 883 g/mol. The monoisotopic (exact) mass is 882 g/mol. The van der Waals surface area contributed by atoms with E-state index in [9.17, 15) is 32.7 Å². The lowest BCUT2D eigenvalue weighted by molar-refractivity contribution is -0.274. The number of methoxy groups -OCH3 is 1. The summed E-state index contributed by atoms with van der Waals surface area (Å²) >= 11 is 6.60. The van der Waals surface area contributed by atoms with Crippen molar-refractivity contribution in [1.82, 2.24) is 30.1 Å². The van der Waals surface area contributed by atoms with Gasteiger partial charge in [0.25, 0.3) is 5.91 Å². The first kappa shape index (κ1) is 46.3. The molecule has 0 saturated carbocycles. The van der Waals surface area contributed by atoms with Crippen molar-refractivity contribution in [2.24, 2.45) is 17.3 Å². The highest BCUT2D eigenvalue weighted by Crippen LogP contribution is 2.41. The predicted octanol–water partition coefficient (Wildman–Crippen LogP) is 7.47. The van der Waals surface area contributed by atoms with E-state index < -0.39 is 35.9 Å². The SMILES string of the molecule is COC(O)N[C@H](C(=O)N1C[C@@H](C)C[C@H]1c1ncc(-c2ccc(-c3cc(Cl)c(NC(=O)c4ccc(N5CCN(C(=O)C(C)(C)C)C[C@H]5C)nc4)cc3OC(F)(F)F)cc2)[nH]1)C(C)C. The number of alkyl halides is 3. The molecular weight excluding hydrogens is 829 g/mol. The van der Waals surface area contributed by atoms with Crippen LogP contribution in [0.5, 0.6) is 5.75 Å². The van der Waals surface area contributed by atoms with Crippen LogP contribution in [0.2, 0.25) is 5.02 Å². The Morgan fingerprint density at radius 1 is 0.968 bits per heavy atom. The minimum absolute atomic E-state index is 0.0252. The summed E-state index contributed by atoms with van der Waals surface area (Å²) in [4.78, 5) is 58.0. The maximum atomic E-state index is 13.8. The van der Waals surface area contributed by atoms with Crippen molar-refractivity contribution >= 4 is 40.8 Å². The quantitative estimate of drug-likeness (QED) is 0.105. The fourth-order valence-corrected chi connectivity index (χ4v) is 8.12. The molecule has 0 radical (unpaired) electrons. The number of ether oxygens (including phenoxy) is 2. The van der Waals surface area contributed by atoms with Crippen LogP contribution in [-0.4, -0.2) is 106 Å². The van der Waals surface area contributed by atoms with Gasteiger partial charge in [-0.15, -0.1) is 13.2 Å². The highest BCUT2D eigenvalue weighted by Gasteiger charge is 2.40. The Labute approximate surface area is 364 Å². The van der Waals surface area contributed by atoms with Crippen molar-refractivity contribution in [3.8, 4) is 28.1 Å². The molecule has 334 valence electrons. The Bertz CT molecular complexity index is 2230. The van der Waals surface area contributed by atoms with E-state index >= 15 is 0 Å². The molecule has 0 bridgehead atoms. The van der Waals surface area contributed by atoms with E-state index in [4.69, 9.17) is 16.3 Å². The fraction of sp³-hybridized carbons (Fsp3) is 0.477. The average Bonchev–Trinajstić information content (AvgIpc) is 3.86. The second-order valence-corrected chi connectivity index (χ2v) is 17.8. The molecule has 2 aromatic carbocycles. The van der Waals surface area contributed by atoms with Gasteiger partial charge in [0, 0.05) is 62.6 Å². The zero-order valence-corrected chi connectivity index (χ0v) is 36.8. The van der Waals surface area contributed by atoms with Crippen LogP contribution in [0.15, 0.2) is 60.9 Å². The molecule has 2 fully saturated rings. The number of aromatic amines is 1. The van der Waals surface area contributed by atoms with Crippen LogP contribution < -0.4 is 20.3 Å². The molecule has 3 amide bonds. The van der Waals surface area contributed by atoms with Crippen molar-refractivity contribution in [2.45, 2.75) is 85.8 Å². The maximum Gasteiger partial charge on any atom is 0.573 e. The molecule has 2 aliphatic heterocycles. The molecule has 0 aliphatic carbocycles. The van der Waals surface area contributed by atoms with Crippen LogP contribution >= 0.6 is 11.6 Å². The number of rotatable bonds is 12. The van der Waals surface area contributed by atoms with Gasteiger partial charge in [-0.2, -0.15) is 0 Å². The number of amides is 3. The number of halogens is 4. The van der Waals surface area contributed by atoms with Crippen molar-refractivity contribution in [2.75, 3.05) is 43.5 Å². The lowest BCUT2D eigenvalue weighted by Crippen LogP contribution is -2.56. The molecular formula is C44H54ClF3N8O6. The normalized spacial score (nSPS) is 19.5. The van der Waals surface area contributed by atoms with Gasteiger partial charge < -0.3 is 39.6 Å². The zero-order chi connectivity index (χ0) is 45.3. The maximum absolute atomic E-state index is 13.8. The third-order valence-electron chi connectivity index (χ3n) is 11.1. The molecule has 14 nitrogen and oxygen atoms in total. The van der Waals surface area contributed by atoms with Crippen molar-refractivity contribution in [3.63, 3.8) is 0 Å². The van der Waals surface area contributed by atoms with Gasteiger partial charge in [-0.05, 0) is 54.5 Å².